The van der Waals surface area contributed by atoms with Gasteiger partial charge in [-0.25, -0.2) is 0 Å². The predicted molar refractivity (Wildman–Crippen MR) is 149 cm³/mol. The highest BCUT2D eigenvalue weighted by Crippen LogP contribution is 2.22. The molecule has 0 fully saturated rings. The molecule has 3 aromatic carbocycles. The molecule has 0 aliphatic rings. The van der Waals surface area contributed by atoms with Crippen molar-refractivity contribution in [2.45, 2.75) is 46.6 Å². The number of nitrogens with zero attached hydrogens (tertiary/aromatic N) is 1. The van der Waals surface area contributed by atoms with Gasteiger partial charge in [-0.2, -0.15) is 0 Å². The summed E-state index contributed by atoms with van der Waals surface area (Å²) in [7, 11) is 2.08. The molecule has 0 saturated carbocycles. The summed E-state index contributed by atoms with van der Waals surface area (Å²) in [5.41, 5.74) is 4.84. The number of nitrogens with one attached hydrogen (secondary N) is 1. The third-order valence-corrected chi connectivity index (χ3v) is 5.87. The third-order valence-electron chi connectivity index (χ3n) is 5.87. The largest absolute Gasteiger partial charge is 0.493 e. The molecule has 6 nitrogen and oxygen atoms in total. The molecule has 6 heteroatoms. The van der Waals surface area contributed by atoms with E-state index in [0.29, 0.717) is 42.6 Å². The maximum atomic E-state index is 12.9. The monoisotopic (exact) mass is 502 g/mol. The first kappa shape index (κ1) is 27.8. The Kier molecular flexibility index (Phi) is 10.6. The van der Waals surface area contributed by atoms with E-state index in [-0.39, 0.29) is 18.3 Å². The summed E-state index contributed by atoms with van der Waals surface area (Å²) in [5.74, 6) is 0.645. The summed E-state index contributed by atoms with van der Waals surface area (Å²) in [6.07, 6.45) is 1.89. The minimum atomic E-state index is -0.244. The maximum Gasteiger partial charge on any atom is 0.305 e. The van der Waals surface area contributed by atoms with E-state index in [1.165, 1.54) is 11.3 Å². The molecule has 1 N–H and O–H groups in total. The Labute approximate surface area is 220 Å². The predicted octanol–water partition coefficient (Wildman–Crippen LogP) is 6.50. The first-order valence-corrected chi connectivity index (χ1v) is 12.9. The van der Waals surface area contributed by atoms with Crippen LogP contribution >= 0.6 is 0 Å². The summed E-state index contributed by atoms with van der Waals surface area (Å²) in [6.45, 7) is 7.70. The zero-order valence-corrected chi connectivity index (χ0v) is 22.3. The van der Waals surface area contributed by atoms with E-state index in [1.807, 2.05) is 30.3 Å². The molecule has 0 aromatic heterocycles. The van der Waals surface area contributed by atoms with E-state index in [2.05, 4.69) is 55.4 Å². The minimum Gasteiger partial charge on any atom is -0.493 e. The number of ether oxygens (including phenoxy) is 2. The average molecular weight is 503 g/mol. The van der Waals surface area contributed by atoms with Crippen molar-refractivity contribution in [2.24, 2.45) is 5.92 Å². The van der Waals surface area contributed by atoms with Crippen LogP contribution in [0.4, 0.5) is 11.4 Å². The number of amides is 1. The van der Waals surface area contributed by atoms with Crippen LogP contribution in [0.2, 0.25) is 0 Å². The highest BCUT2D eigenvalue weighted by molar-refractivity contribution is 6.06. The van der Waals surface area contributed by atoms with Gasteiger partial charge in [0.25, 0.3) is 5.91 Å². The lowest BCUT2D eigenvalue weighted by Crippen LogP contribution is -2.17. The number of rotatable bonds is 13. The van der Waals surface area contributed by atoms with Crippen LogP contribution in [0, 0.1) is 5.92 Å². The van der Waals surface area contributed by atoms with Gasteiger partial charge in [-0.15, -0.1) is 0 Å². The second kappa shape index (κ2) is 14.1. The number of hydrogen-bond acceptors (Lipinski definition) is 5. The fraction of sp³-hybridized carbons (Fsp3) is 0.355. The zero-order chi connectivity index (χ0) is 26.6. The highest BCUT2D eigenvalue weighted by atomic mass is 16.5. The molecule has 0 radical (unpaired) electrons. The first-order valence-electron chi connectivity index (χ1n) is 12.9. The summed E-state index contributed by atoms with van der Waals surface area (Å²) in [5, 5.41) is 2.95. The number of carbonyl (C=O) groups excluding carboxylic acids is 2. The molecule has 0 spiro atoms. The van der Waals surface area contributed by atoms with Gasteiger partial charge in [0, 0.05) is 31.4 Å². The van der Waals surface area contributed by atoms with Crippen LogP contribution in [-0.2, 0) is 22.5 Å². The first-order chi connectivity index (χ1) is 17.9. The SMILES string of the molecule is CCOC(=O)CCCOc1ccccc1C(=O)Nc1ccc(CN(C)c2ccc(CC(C)C)cc2)cc1. The molecule has 3 rings (SSSR count). The summed E-state index contributed by atoms with van der Waals surface area (Å²) in [4.78, 5) is 26.6. The topological polar surface area (TPSA) is 67.9 Å². The Hall–Kier alpha value is -3.80. The van der Waals surface area contributed by atoms with Crippen molar-refractivity contribution in [3.63, 3.8) is 0 Å². The molecular weight excluding hydrogens is 464 g/mol. The number of anilines is 2. The molecule has 0 aliphatic carbocycles. The van der Waals surface area contributed by atoms with E-state index in [4.69, 9.17) is 9.47 Å². The Bertz CT molecular complexity index is 1140. The van der Waals surface area contributed by atoms with Crippen LogP contribution in [-0.4, -0.2) is 32.1 Å². The Morgan fingerprint density at radius 1 is 0.919 bits per heavy atom. The van der Waals surface area contributed by atoms with Crippen LogP contribution in [0.15, 0.2) is 72.8 Å². The fourth-order valence-corrected chi connectivity index (χ4v) is 4.03. The third kappa shape index (κ3) is 8.98. The van der Waals surface area contributed by atoms with E-state index < -0.39 is 0 Å². The quantitative estimate of drug-likeness (QED) is 0.214. The van der Waals surface area contributed by atoms with Crippen LogP contribution in [0.1, 0.15) is 55.1 Å². The van der Waals surface area contributed by atoms with Crippen molar-refractivity contribution >= 4 is 23.3 Å². The second-order valence-electron chi connectivity index (χ2n) is 9.52. The summed E-state index contributed by atoms with van der Waals surface area (Å²) < 4.78 is 10.7. The average Bonchev–Trinajstić information content (AvgIpc) is 2.88. The van der Waals surface area contributed by atoms with Crippen LogP contribution in [0.25, 0.3) is 0 Å². The van der Waals surface area contributed by atoms with Crippen LogP contribution < -0.4 is 15.0 Å². The molecule has 0 aliphatic heterocycles. The molecule has 0 saturated heterocycles. The highest BCUT2D eigenvalue weighted by Gasteiger charge is 2.13. The Morgan fingerprint density at radius 2 is 1.59 bits per heavy atom. The van der Waals surface area contributed by atoms with Gasteiger partial charge >= 0.3 is 5.97 Å². The van der Waals surface area contributed by atoms with Crippen molar-refractivity contribution < 1.29 is 19.1 Å². The van der Waals surface area contributed by atoms with Gasteiger partial charge in [0.2, 0.25) is 0 Å². The lowest BCUT2D eigenvalue weighted by atomic mass is 10.0. The molecule has 0 heterocycles. The van der Waals surface area contributed by atoms with Crippen molar-refractivity contribution in [2.75, 3.05) is 30.5 Å². The number of carbonyl (C=O) groups is 2. The maximum absolute atomic E-state index is 12.9. The number of para-hydroxylation sites is 1. The normalized spacial score (nSPS) is 10.7. The zero-order valence-electron chi connectivity index (χ0n) is 22.3. The molecule has 0 atom stereocenters. The second-order valence-corrected chi connectivity index (χ2v) is 9.52. The van der Waals surface area contributed by atoms with Crippen molar-refractivity contribution in [3.05, 3.63) is 89.5 Å². The number of hydrogen-bond donors (Lipinski definition) is 1. The fourth-order valence-electron chi connectivity index (χ4n) is 4.03. The molecule has 196 valence electrons. The minimum absolute atomic E-state index is 0.243. The molecular formula is C31H38N2O4. The summed E-state index contributed by atoms with van der Waals surface area (Å²) in [6, 6.07) is 23.7. The van der Waals surface area contributed by atoms with Crippen LogP contribution in [0.3, 0.4) is 0 Å². The van der Waals surface area contributed by atoms with Gasteiger partial charge < -0.3 is 19.7 Å². The molecule has 0 unspecified atom stereocenters. The van der Waals surface area contributed by atoms with E-state index >= 15 is 0 Å². The van der Waals surface area contributed by atoms with Gasteiger partial charge in [-0.05, 0) is 73.2 Å². The Balaban J connectivity index is 1.54. The lowest BCUT2D eigenvalue weighted by molar-refractivity contribution is -0.143. The van der Waals surface area contributed by atoms with Crippen molar-refractivity contribution in [1.29, 1.82) is 0 Å². The molecule has 37 heavy (non-hydrogen) atoms. The Morgan fingerprint density at radius 3 is 2.27 bits per heavy atom. The van der Waals surface area contributed by atoms with E-state index in [9.17, 15) is 9.59 Å². The standard InChI is InChI=1S/C31H38N2O4/c1-5-36-30(34)11-8-20-37-29-10-7-6-9-28(29)31(35)32-26-16-12-25(13-17-26)22-33(4)27-18-14-24(15-19-27)21-23(2)3/h6-7,9-10,12-19,23H,5,8,11,20-22H2,1-4H3,(H,32,35). The summed E-state index contributed by atoms with van der Waals surface area (Å²) >= 11 is 0. The van der Waals surface area contributed by atoms with Gasteiger partial charge in [0.05, 0.1) is 18.8 Å². The van der Waals surface area contributed by atoms with Crippen molar-refractivity contribution in [1.82, 2.24) is 0 Å². The van der Waals surface area contributed by atoms with Crippen LogP contribution in [0.5, 0.6) is 5.75 Å². The van der Waals surface area contributed by atoms with Gasteiger partial charge in [-0.3, -0.25) is 9.59 Å². The lowest BCUT2D eigenvalue weighted by Gasteiger charge is -2.20. The molecule has 3 aromatic rings. The molecule has 1 amide bonds. The smallest absolute Gasteiger partial charge is 0.305 e. The van der Waals surface area contributed by atoms with Crippen molar-refractivity contribution in [3.8, 4) is 5.75 Å². The number of benzene rings is 3. The van der Waals surface area contributed by atoms with E-state index in [0.717, 1.165) is 18.5 Å². The van der Waals surface area contributed by atoms with Gasteiger partial charge in [0.1, 0.15) is 5.75 Å². The number of esters is 1. The van der Waals surface area contributed by atoms with E-state index in [1.54, 1.807) is 25.1 Å². The van der Waals surface area contributed by atoms with Gasteiger partial charge in [-0.1, -0.05) is 50.2 Å². The molecule has 0 bridgehead atoms. The van der Waals surface area contributed by atoms with Gasteiger partial charge in [0.15, 0.2) is 0 Å².